The molecular formula is C15H22N2O2. The maximum Gasteiger partial charge on any atom is 0.246 e. The van der Waals surface area contributed by atoms with E-state index in [0.29, 0.717) is 6.54 Å². The van der Waals surface area contributed by atoms with Gasteiger partial charge in [-0.1, -0.05) is 31.2 Å². The van der Waals surface area contributed by atoms with Crippen molar-refractivity contribution in [1.29, 1.82) is 0 Å². The van der Waals surface area contributed by atoms with E-state index in [9.17, 15) is 4.79 Å². The molecule has 19 heavy (non-hydrogen) atoms. The van der Waals surface area contributed by atoms with Gasteiger partial charge in [-0.2, -0.15) is 0 Å². The highest BCUT2D eigenvalue weighted by atomic mass is 16.5. The number of nitrogens with one attached hydrogen (secondary N) is 2. The first-order chi connectivity index (χ1) is 9.13. The SMILES string of the molecule is CCc1ccccc1CNC(=O)COC1(C)CNC1. The van der Waals surface area contributed by atoms with Gasteiger partial charge in [-0.05, 0) is 24.5 Å². The third kappa shape index (κ3) is 3.78. The van der Waals surface area contributed by atoms with Crippen molar-refractivity contribution in [1.82, 2.24) is 10.6 Å². The van der Waals surface area contributed by atoms with Crippen LogP contribution >= 0.6 is 0 Å². The minimum Gasteiger partial charge on any atom is -0.363 e. The van der Waals surface area contributed by atoms with Crippen LogP contribution in [0.25, 0.3) is 0 Å². The van der Waals surface area contributed by atoms with Crippen molar-refractivity contribution in [2.24, 2.45) is 0 Å². The zero-order valence-electron chi connectivity index (χ0n) is 11.7. The van der Waals surface area contributed by atoms with Crippen molar-refractivity contribution < 1.29 is 9.53 Å². The van der Waals surface area contributed by atoms with Crippen molar-refractivity contribution in [2.75, 3.05) is 19.7 Å². The number of aryl methyl sites for hydroxylation is 1. The number of hydrogen-bond acceptors (Lipinski definition) is 3. The van der Waals surface area contributed by atoms with Crippen LogP contribution in [0.2, 0.25) is 0 Å². The lowest BCUT2D eigenvalue weighted by molar-refractivity contribution is -0.136. The van der Waals surface area contributed by atoms with Crippen LogP contribution in [-0.4, -0.2) is 31.2 Å². The summed E-state index contributed by atoms with van der Waals surface area (Å²) in [6.07, 6.45) is 0.978. The summed E-state index contributed by atoms with van der Waals surface area (Å²) >= 11 is 0. The first-order valence-corrected chi connectivity index (χ1v) is 6.81. The van der Waals surface area contributed by atoms with Crippen molar-refractivity contribution in [2.45, 2.75) is 32.4 Å². The second-order valence-electron chi connectivity index (χ2n) is 5.24. The molecule has 0 radical (unpaired) electrons. The number of ether oxygens (including phenoxy) is 1. The molecule has 1 heterocycles. The summed E-state index contributed by atoms with van der Waals surface area (Å²) < 4.78 is 5.60. The molecule has 1 saturated heterocycles. The topological polar surface area (TPSA) is 50.4 Å². The number of carbonyl (C=O) groups is 1. The molecule has 104 valence electrons. The first-order valence-electron chi connectivity index (χ1n) is 6.81. The van der Waals surface area contributed by atoms with Gasteiger partial charge in [0.1, 0.15) is 6.61 Å². The van der Waals surface area contributed by atoms with E-state index in [4.69, 9.17) is 4.74 Å². The summed E-state index contributed by atoms with van der Waals surface area (Å²) in [4.78, 5) is 11.7. The van der Waals surface area contributed by atoms with Gasteiger partial charge in [0.2, 0.25) is 5.91 Å². The lowest BCUT2D eigenvalue weighted by Crippen LogP contribution is -2.59. The molecule has 2 rings (SSSR count). The van der Waals surface area contributed by atoms with Gasteiger partial charge in [0.05, 0.1) is 5.60 Å². The van der Waals surface area contributed by atoms with Gasteiger partial charge in [-0.15, -0.1) is 0 Å². The van der Waals surface area contributed by atoms with Crippen LogP contribution in [-0.2, 0) is 22.5 Å². The van der Waals surface area contributed by atoms with Crippen LogP contribution < -0.4 is 10.6 Å². The number of benzene rings is 1. The molecule has 1 aliphatic rings. The summed E-state index contributed by atoms with van der Waals surface area (Å²) in [5.74, 6) is -0.0565. The van der Waals surface area contributed by atoms with E-state index < -0.39 is 0 Å². The maximum atomic E-state index is 11.7. The predicted octanol–water partition coefficient (Wildman–Crippen LogP) is 1.24. The van der Waals surface area contributed by atoms with E-state index in [0.717, 1.165) is 19.5 Å². The van der Waals surface area contributed by atoms with Crippen molar-refractivity contribution >= 4 is 5.91 Å². The van der Waals surface area contributed by atoms with Crippen molar-refractivity contribution in [3.8, 4) is 0 Å². The molecular weight excluding hydrogens is 240 g/mol. The Labute approximate surface area is 114 Å². The Balaban J connectivity index is 1.76. The van der Waals surface area contributed by atoms with E-state index in [1.54, 1.807) is 0 Å². The molecule has 0 aliphatic carbocycles. The van der Waals surface area contributed by atoms with Crippen LogP contribution in [0.4, 0.5) is 0 Å². The highest BCUT2D eigenvalue weighted by Gasteiger charge is 2.32. The predicted molar refractivity (Wildman–Crippen MR) is 74.9 cm³/mol. The molecule has 0 atom stereocenters. The molecule has 1 aliphatic heterocycles. The molecule has 1 aromatic carbocycles. The number of amides is 1. The summed E-state index contributed by atoms with van der Waals surface area (Å²) in [7, 11) is 0. The van der Waals surface area contributed by atoms with Crippen LogP contribution in [0.1, 0.15) is 25.0 Å². The van der Waals surface area contributed by atoms with Crippen molar-refractivity contribution in [3.63, 3.8) is 0 Å². The van der Waals surface area contributed by atoms with Crippen LogP contribution in [0.15, 0.2) is 24.3 Å². The Hall–Kier alpha value is -1.39. The molecule has 0 bridgehead atoms. The van der Waals surface area contributed by atoms with E-state index >= 15 is 0 Å². The quantitative estimate of drug-likeness (QED) is 0.811. The molecule has 0 spiro atoms. The first kappa shape index (κ1) is 14.0. The second kappa shape index (κ2) is 6.17. The maximum absolute atomic E-state index is 11.7. The highest BCUT2D eigenvalue weighted by Crippen LogP contribution is 2.14. The Bertz CT molecular complexity index is 442. The van der Waals surface area contributed by atoms with E-state index in [-0.39, 0.29) is 18.1 Å². The summed E-state index contributed by atoms with van der Waals surface area (Å²) in [5.41, 5.74) is 2.28. The zero-order chi connectivity index (χ0) is 13.7. The third-order valence-electron chi connectivity index (χ3n) is 3.52. The normalized spacial score (nSPS) is 16.7. The van der Waals surface area contributed by atoms with Gasteiger partial charge in [0.15, 0.2) is 0 Å². The average Bonchev–Trinajstić information content (AvgIpc) is 2.41. The van der Waals surface area contributed by atoms with E-state index in [1.165, 1.54) is 11.1 Å². The lowest BCUT2D eigenvalue weighted by atomic mass is 10.0. The van der Waals surface area contributed by atoms with E-state index in [1.807, 2.05) is 19.1 Å². The molecule has 0 saturated carbocycles. The molecule has 1 amide bonds. The zero-order valence-corrected chi connectivity index (χ0v) is 11.7. The van der Waals surface area contributed by atoms with Gasteiger partial charge in [0.25, 0.3) is 0 Å². The third-order valence-corrected chi connectivity index (χ3v) is 3.52. The summed E-state index contributed by atoms with van der Waals surface area (Å²) in [6.45, 7) is 6.48. The van der Waals surface area contributed by atoms with Crippen molar-refractivity contribution in [3.05, 3.63) is 35.4 Å². The lowest BCUT2D eigenvalue weighted by Gasteiger charge is -2.38. The molecule has 0 aromatic heterocycles. The Morgan fingerprint density at radius 1 is 1.37 bits per heavy atom. The molecule has 4 nitrogen and oxygen atoms in total. The van der Waals surface area contributed by atoms with Gasteiger partial charge in [-0.25, -0.2) is 0 Å². The largest absolute Gasteiger partial charge is 0.363 e. The number of carbonyl (C=O) groups excluding carboxylic acids is 1. The molecule has 1 aromatic rings. The van der Waals surface area contributed by atoms with Gasteiger partial charge >= 0.3 is 0 Å². The van der Waals surface area contributed by atoms with Crippen LogP contribution in [0.5, 0.6) is 0 Å². The minimum absolute atomic E-state index is 0.0565. The van der Waals surface area contributed by atoms with Gasteiger partial charge in [-0.3, -0.25) is 4.79 Å². The number of rotatable bonds is 6. The number of hydrogen-bond donors (Lipinski definition) is 2. The Morgan fingerprint density at radius 3 is 2.63 bits per heavy atom. The second-order valence-corrected chi connectivity index (χ2v) is 5.24. The fourth-order valence-corrected chi connectivity index (χ4v) is 2.14. The van der Waals surface area contributed by atoms with Crippen LogP contribution in [0, 0.1) is 0 Å². The van der Waals surface area contributed by atoms with Gasteiger partial charge in [0, 0.05) is 19.6 Å². The fraction of sp³-hybridized carbons (Fsp3) is 0.533. The Morgan fingerprint density at radius 2 is 2.05 bits per heavy atom. The minimum atomic E-state index is -0.168. The monoisotopic (exact) mass is 262 g/mol. The average molecular weight is 262 g/mol. The molecule has 1 fully saturated rings. The molecule has 0 unspecified atom stereocenters. The standard InChI is InChI=1S/C15H22N2O2/c1-3-12-6-4-5-7-13(12)8-17-14(18)9-19-15(2)10-16-11-15/h4-7,16H,3,8-11H2,1-2H3,(H,17,18). The smallest absolute Gasteiger partial charge is 0.246 e. The molecule has 2 N–H and O–H groups in total. The highest BCUT2D eigenvalue weighted by molar-refractivity contribution is 5.77. The summed E-state index contributed by atoms with van der Waals surface area (Å²) in [5, 5.41) is 6.05. The van der Waals surface area contributed by atoms with Crippen LogP contribution in [0.3, 0.4) is 0 Å². The Kier molecular flexibility index (Phi) is 4.56. The molecule has 4 heteroatoms. The summed E-state index contributed by atoms with van der Waals surface area (Å²) in [6, 6.07) is 8.17. The van der Waals surface area contributed by atoms with Gasteiger partial charge < -0.3 is 15.4 Å². The fourth-order valence-electron chi connectivity index (χ4n) is 2.14. The van der Waals surface area contributed by atoms with E-state index in [2.05, 4.69) is 29.7 Å².